The average Bonchev–Trinajstić information content (AvgIpc) is 3.20. The summed E-state index contributed by atoms with van der Waals surface area (Å²) < 4.78 is 44.9. The van der Waals surface area contributed by atoms with Gasteiger partial charge in [-0.1, -0.05) is 11.2 Å². The van der Waals surface area contributed by atoms with Gasteiger partial charge in [0.2, 0.25) is 11.7 Å². The van der Waals surface area contributed by atoms with Crippen molar-refractivity contribution in [2.75, 3.05) is 0 Å². The molecule has 25 heavy (non-hydrogen) atoms. The maximum atomic E-state index is 12.7. The quantitative estimate of drug-likeness (QED) is 0.785. The molecule has 0 fully saturated rings. The number of amides is 1. The summed E-state index contributed by atoms with van der Waals surface area (Å²) in [7, 11) is 1.82. The molecule has 130 valence electrons. The van der Waals surface area contributed by atoms with Crippen LogP contribution in [0.15, 0.2) is 47.1 Å². The lowest BCUT2D eigenvalue weighted by Gasteiger charge is -2.08. The number of aromatic nitrogens is 3. The molecular formula is C16H13F3N4O2. The minimum Gasteiger partial charge on any atom is -0.348 e. The molecule has 3 aromatic rings. The van der Waals surface area contributed by atoms with Crippen molar-refractivity contribution in [2.45, 2.75) is 12.7 Å². The summed E-state index contributed by atoms with van der Waals surface area (Å²) in [6, 6.07) is 7.79. The van der Waals surface area contributed by atoms with Crippen molar-refractivity contribution in [3.63, 3.8) is 0 Å². The lowest BCUT2D eigenvalue weighted by Crippen LogP contribution is -2.23. The highest BCUT2D eigenvalue weighted by Crippen LogP contribution is 2.29. The van der Waals surface area contributed by atoms with Gasteiger partial charge in [-0.2, -0.15) is 18.2 Å². The zero-order chi connectivity index (χ0) is 18.0. The molecule has 2 aromatic heterocycles. The molecule has 9 heteroatoms. The predicted molar refractivity (Wildman–Crippen MR) is 81.3 cm³/mol. The maximum Gasteiger partial charge on any atom is 0.416 e. The van der Waals surface area contributed by atoms with Gasteiger partial charge >= 0.3 is 6.18 Å². The summed E-state index contributed by atoms with van der Waals surface area (Å²) in [5.41, 5.74) is -0.250. The number of alkyl halides is 3. The van der Waals surface area contributed by atoms with Crippen LogP contribution in [0, 0.1) is 0 Å². The van der Waals surface area contributed by atoms with Crippen molar-refractivity contribution in [3.8, 4) is 11.5 Å². The molecule has 2 heterocycles. The van der Waals surface area contributed by atoms with Crippen molar-refractivity contribution >= 4 is 5.91 Å². The van der Waals surface area contributed by atoms with Crippen LogP contribution in [0.4, 0.5) is 13.2 Å². The number of hydrogen-bond donors (Lipinski definition) is 1. The zero-order valence-electron chi connectivity index (χ0n) is 13.0. The van der Waals surface area contributed by atoms with Gasteiger partial charge in [-0.25, -0.2) is 0 Å². The molecule has 0 saturated heterocycles. The lowest BCUT2D eigenvalue weighted by atomic mass is 10.1. The average molecular weight is 350 g/mol. The summed E-state index contributed by atoms with van der Waals surface area (Å²) in [5.74, 6) is -0.155. The Balaban J connectivity index is 1.67. The van der Waals surface area contributed by atoms with E-state index in [2.05, 4.69) is 15.5 Å². The van der Waals surface area contributed by atoms with Crippen molar-refractivity contribution in [1.29, 1.82) is 0 Å². The van der Waals surface area contributed by atoms with Gasteiger partial charge in [-0.3, -0.25) is 4.79 Å². The first-order valence-electron chi connectivity index (χ1n) is 7.24. The first-order valence-corrected chi connectivity index (χ1v) is 7.24. The first kappa shape index (κ1) is 16.7. The highest BCUT2D eigenvalue weighted by Gasteiger charge is 2.30. The predicted octanol–water partition coefficient (Wildman–Crippen LogP) is 3.02. The van der Waals surface area contributed by atoms with Gasteiger partial charge in [-0.15, -0.1) is 0 Å². The molecule has 6 nitrogen and oxygen atoms in total. The Bertz CT molecular complexity index is 899. The van der Waals surface area contributed by atoms with Crippen LogP contribution in [0.5, 0.6) is 0 Å². The van der Waals surface area contributed by atoms with E-state index in [0.717, 1.165) is 17.8 Å². The van der Waals surface area contributed by atoms with Gasteiger partial charge in [-0.05, 0) is 30.3 Å². The van der Waals surface area contributed by atoms with Crippen molar-refractivity contribution in [2.24, 2.45) is 7.05 Å². The van der Waals surface area contributed by atoms with Gasteiger partial charge in [0.05, 0.1) is 17.8 Å². The molecule has 0 saturated carbocycles. The number of carbonyl (C=O) groups excluding carboxylic acids is 1. The lowest BCUT2D eigenvalue weighted by molar-refractivity contribution is -0.137. The summed E-state index contributed by atoms with van der Waals surface area (Å²) in [6.45, 7) is -0.0908. The summed E-state index contributed by atoms with van der Waals surface area (Å²) >= 11 is 0. The number of benzene rings is 1. The van der Waals surface area contributed by atoms with Crippen LogP contribution in [0.1, 0.15) is 21.8 Å². The maximum absolute atomic E-state index is 12.7. The molecule has 1 N–H and O–H groups in total. The van der Waals surface area contributed by atoms with E-state index in [-0.39, 0.29) is 18.0 Å². The molecule has 0 unspecified atom stereocenters. The third-order valence-electron chi connectivity index (χ3n) is 3.49. The number of nitrogens with zero attached hydrogens (tertiary/aromatic N) is 3. The number of rotatable bonds is 4. The number of halogens is 3. The third kappa shape index (κ3) is 3.70. The van der Waals surface area contributed by atoms with Crippen LogP contribution in [0.3, 0.4) is 0 Å². The van der Waals surface area contributed by atoms with E-state index < -0.39 is 17.6 Å². The largest absolute Gasteiger partial charge is 0.416 e. The molecule has 3 rings (SSSR count). The van der Waals surface area contributed by atoms with E-state index in [0.29, 0.717) is 5.82 Å². The van der Waals surface area contributed by atoms with E-state index in [1.165, 1.54) is 12.1 Å². The minimum atomic E-state index is -4.51. The molecular weight excluding hydrogens is 337 g/mol. The molecule has 0 aliphatic rings. The zero-order valence-corrected chi connectivity index (χ0v) is 13.0. The van der Waals surface area contributed by atoms with Crippen LogP contribution in [0.25, 0.3) is 11.5 Å². The van der Waals surface area contributed by atoms with Gasteiger partial charge < -0.3 is 14.4 Å². The smallest absolute Gasteiger partial charge is 0.348 e. The van der Waals surface area contributed by atoms with E-state index in [1.807, 2.05) is 19.3 Å². The topological polar surface area (TPSA) is 73.0 Å². The van der Waals surface area contributed by atoms with Gasteiger partial charge in [0, 0.05) is 18.8 Å². The van der Waals surface area contributed by atoms with E-state index in [1.54, 1.807) is 10.6 Å². The monoisotopic (exact) mass is 350 g/mol. The summed E-state index contributed by atoms with van der Waals surface area (Å²) in [6.07, 6.45) is -2.69. The van der Waals surface area contributed by atoms with Crippen LogP contribution in [0.2, 0.25) is 0 Å². The molecule has 0 atom stereocenters. The second kappa shape index (κ2) is 6.42. The summed E-state index contributed by atoms with van der Waals surface area (Å²) in [4.78, 5) is 16.2. The Morgan fingerprint density at radius 1 is 1.28 bits per heavy atom. The highest BCUT2D eigenvalue weighted by atomic mass is 19.4. The van der Waals surface area contributed by atoms with E-state index >= 15 is 0 Å². The molecule has 0 bridgehead atoms. The second-order valence-electron chi connectivity index (χ2n) is 5.28. The standard InChI is InChI=1S/C16H13F3N4O2/c1-23-7-3-6-12(23)14-21-13(25-22-14)9-20-15(24)10-4-2-5-11(8-10)16(17,18)19/h2-8H,9H2,1H3,(H,20,24). The van der Waals surface area contributed by atoms with E-state index in [4.69, 9.17) is 4.52 Å². The molecule has 1 aromatic carbocycles. The van der Waals surface area contributed by atoms with Crippen molar-refractivity contribution in [1.82, 2.24) is 20.0 Å². The summed E-state index contributed by atoms with van der Waals surface area (Å²) in [5, 5.41) is 6.27. The van der Waals surface area contributed by atoms with Crippen LogP contribution >= 0.6 is 0 Å². The van der Waals surface area contributed by atoms with Gasteiger partial charge in [0.15, 0.2) is 0 Å². The number of aryl methyl sites for hydroxylation is 1. The Kier molecular flexibility index (Phi) is 4.30. The fraction of sp³-hybridized carbons (Fsp3) is 0.188. The number of hydrogen-bond acceptors (Lipinski definition) is 4. The molecule has 0 spiro atoms. The molecule has 0 aliphatic carbocycles. The highest BCUT2D eigenvalue weighted by molar-refractivity contribution is 5.94. The van der Waals surface area contributed by atoms with E-state index in [9.17, 15) is 18.0 Å². The Morgan fingerprint density at radius 2 is 2.08 bits per heavy atom. The molecule has 1 amide bonds. The fourth-order valence-corrected chi connectivity index (χ4v) is 2.22. The first-order chi connectivity index (χ1) is 11.8. The number of nitrogens with one attached hydrogen (secondary N) is 1. The SMILES string of the molecule is Cn1cccc1-c1noc(CNC(=O)c2cccc(C(F)(F)F)c2)n1. The van der Waals surface area contributed by atoms with Crippen molar-refractivity contribution < 1.29 is 22.5 Å². The normalized spacial score (nSPS) is 11.5. The minimum absolute atomic E-state index is 0.0908. The second-order valence-corrected chi connectivity index (χ2v) is 5.28. The third-order valence-corrected chi connectivity index (χ3v) is 3.49. The molecule has 0 aliphatic heterocycles. The number of carbonyl (C=O) groups is 1. The fourth-order valence-electron chi connectivity index (χ4n) is 2.22. The Hall–Kier alpha value is -3.10. The Labute approximate surface area is 140 Å². The van der Waals surface area contributed by atoms with Gasteiger partial charge in [0.25, 0.3) is 5.91 Å². The molecule has 0 radical (unpaired) electrons. The van der Waals surface area contributed by atoms with Crippen LogP contribution < -0.4 is 5.32 Å². The Morgan fingerprint density at radius 3 is 2.76 bits per heavy atom. The van der Waals surface area contributed by atoms with Crippen molar-refractivity contribution in [3.05, 3.63) is 59.6 Å². The van der Waals surface area contributed by atoms with Crippen LogP contribution in [-0.4, -0.2) is 20.6 Å². The van der Waals surface area contributed by atoms with Crippen LogP contribution in [-0.2, 0) is 19.8 Å². The van der Waals surface area contributed by atoms with Gasteiger partial charge in [0.1, 0.15) is 0 Å².